The number of hydrogen-bond acceptors (Lipinski definition) is 4. The van der Waals surface area contributed by atoms with Crippen LogP contribution in [0.25, 0.3) is 0 Å². The Morgan fingerprint density at radius 2 is 1.75 bits per heavy atom. The molecule has 1 rings (SSSR count). The second-order valence-corrected chi connectivity index (χ2v) is 4.73. The molecule has 4 nitrogen and oxygen atoms in total. The van der Waals surface area contributed by atoms with Gasteiger partial charge in [0.1, 0.15) is 10.7 Å². The van der Waals surface area contributed by atoms with E-state index in [9.17, 15) is 0 Å². The minimum atomic E-state index is 0.352. The molecule has 0 bridgehead atoms. The normalized spacial score (nSPS) is 10.4. The molecule has 0 radical (unpaired) electrons. The van der Waals surface area contributed by atoms with Crippen LogP contribution >= 0.6 is 12.2 Å². The Morgan fingerprint density at radius 1 is 1.05 bits per heavy atom. The number of thiocarbonyl (C=S) groups is 1. The van der Waals surface area contributed by atoms with Crippen molar-refractivity contribution in [2.24, 2.45) is 5.73 Å². The lowest BCUT2D eigenvalue weighted by Gasteiger charge is -2.10. The molecule has 0 heterocycles. The summed E-state index contributed by atoms with van der Waals surface area (Å²) in [7, 11) is 0. The van der Waals surface area contributed by atoms with Gasteiger partial charge in [0, 0.05) is 19.6 Å². The van der Waals surface area contributed by atoms with Gasteiger partial charge in [-0.1, -0.05) is 31.3 Å². The van der Waals surface area contributed by atoms with Crippen LogP contribution in [0.1, 0.15) is 25.3 Å². The largest absolute Gasteiger partial charge is 0.493 e. The predicted octanol–water partition coefficient (Wildman–Crippen LogP) is 2.53. The summed E-state index contributed by atoms with van der Waals surface area (Å²) in [4.78, 5) is 0.352. The number of para-hydroxylation sites is 1. The molecule has 112 valence electrons. The van der Waals surface area contributed by atoms with Gasteiger partial charge in [0.25, 0.3) is 0 Å². The third kappa shape index (κ3) is 6.84. The Morgan fingerprint density at radius 3 is 2.45 bits per heavy atom. The molecule has 0 aromatic heterocycles. The summed E-state index contributed by atoms with van der Waals surface area (Å²) >= 11 is 4.98. The van der Waals surface area contributed by atoms with Gasteiger partial charge < -0.3 is 19.9 Å². The summed E-state index contributed by atoms with van der Waals surface area (Å²) < 4.78 is 16.4. The lowest BCUT2D eigenvalue weighted by molar-refractivity contribution is 0.0438. The SMILES string of the molecule is CCCOCCOCCCOc1ccccc1C(N)=S. The van der Waals surface area contributed by atoms with Gasteiger partial charge in [-0.15, -0.1) is 0 Å². The van der Waals surface area contributed by atoms with Gasteiger partial charge in [0.15, 0.2) is 0 Å². The Labute approximate surface area is 126 Å². The Kier molecular flexibility index (Phi) is 8.95. The van der Waals surface area contributed by atoms with Gasteiger partial charge in [-0.05, 0) is 18.6 Å². The first-order valence-electron chi connectivity index (χ1n) is 6.92. The van der Waals surface area contributed by atoms with Gasteiger partial charge in [-0.2, -0.15) is 0 Å². The van der Waals surface area contributed by atoms with Crippen LogP contribution in [-0.2, 0) is 9.47 Å². The van der Waals surface area contributed by atoms with Crippen LogP contribution in [0.3, 0.4) is 0 Å². The third-order valence-corrected chi connectivity index (χ3v) is 2.78. The molecule has 0 unspecified atom stereocenters. The average molecular weight is 297 g/mol. The van der Waals surface area contributed by atoms with Crippen LogP contribution in [-0.4, -0.2) is 38.0 Å². The monoisotopic (exact) mass is 297 g/mol. The van der Waals surface area contributed by atoms with Crippen LogP contribution in [0.4, 0.5) is 0 Å². The van der Waals surface area contributed by atoms with E-state index in [1.165, 1.54) is 0 Å². The molecule has 0 atom stereocenters. The fourth-order valence-electron chi connectivity index (χ4n) is 1.61. The zero-order chi connectivity index (χ0) is 14.6. The highest BCUT2D eigenvalue weighted by molar-refractivity contribution is 7.80. The van der Waals surface area contributed by atoms with Crippen molar-refractivity contribution in [1.29, 1.82) is 0 Å². The van der Waals surface area contributed by atoms with Crippen LogP contribution in [0.5, 0.6) is 5.75 Å². The topological polar surface area (TPSA) is 53.7 Å². The predicted molar refractivity (Wildman–Crippen MR) is 84.4 cm³/mol. The van der Waals surface area contributed by atoms with Crippen molar-refractivity contribution in [2.75, 3.05) is 33.0 Å². The highest BCUT2D eigenvalue weighted by Crippen LogP contribution is 2.17. The third-order valence-electron chi connectivity index (χ3n) is 2.56. The lowest BCUT2D eigenvalue weighted by Crippen LogP contribution is -2.13. The fourth-order valence-corrected chi connectivity index (χ4v) is 1.77. The van der Waals surface area contributed by atoms with E-state index in [4.69, 9.17) is 32.2 Å². The molecular formula is C15H23NO3S. The summed E-state index contributed by atoms with van der Waals surface area (Å²) in [5.74, 6) is 0.728. The number of rotatable bonds is 11. The Balaban J connectivity index is 2.11. The molecule has 0 aliphatic carbocycles. The minimum absolute atomic E-state index is 0.352. The average Bonchev–Trinajstić information content (AvgIpc) is 2.46. The second kappa shape index (κ2) is 10.6. The summed E-state index contributed by atoms with van der Waals surface area (Å²) in [6.07, 6.45) is 1.86. The smallest absolute Gasteiger partial charge is 0.129 e. The number of benzene rings is 1. The highest BCUT2D eigenvalue weighted by Gasteiger charge is 2.04. The van der Waals surface area contributed by atoms with Crippen molar-refractivity contribution < 1.29 is 14.2 Å². The molecule has 1 aromatic rings. The van der Waals surface area contributed by atoms with Crippen molar-refractivity contribution in [3.63, 3.8) is 0 Å². The summed E-state index contributed by atoms with van der Waals surface area (Å²) in [6, 6.07) is 7.52. The summed E-state index contributed by atoms with van der Waals surface area (Å²) in [5.41, 5.74) is 6.41. The van der Waals surface area contributed by atoms with Crippen molar-refractivity contribution in [2.45, 2.75) is 19.8 Å². The van der Waals surface area contributed by atoms with E-state index in [1.54, 1.807) is 0 Å². The van der Waals surface area contributed by atoms with E-state index in [0.717, 1.165) is 30.8 Å². The van der Waals surface area contributed by atoms with Crippen LogP contribution in [0.15, 0.2) is 24.3 Å². The maximum absolute atomic E-state index is 5.66. The van der Waals surface area contributed by atoms with E-state index >= 15 is 0 Å². The molecule has 5 heteroatoms. The van der Waals surface area contributed by atoms with E-state index in [2.05, 4.69) is 6.92 Å². The number of nitrogens with two attached hydrogens (primary N) is 1. The zero-order valence-electron chi connectivity index (χ0n) is 12.0. The highest BCUT2D eigenvalue weighted by atomic mass is 32.1. The maximum atomic E-state index is 5.66. The Bertz CT molecular complexity index is 398. The van der Waals surface area contributed by atoms with Gasteiger partial charge >= 0.3 is 0 Å². The minimum Gasteiger partial charge on any atom is -0.493 e. The molecule has 0 fully saturated rings. The molecular weight excluding hydrogens is 274 g/mol. The lowest BCUT2D eigenvalue weighted by atomic mass is 10.2. The van der Waals surface area contributed by atoms with Crippen LogP contribution in [0, 0.1) is 0 Å². The standard InChI is InChI=1S/C15H23NO3S/c1-2-8-17-11-12-18-9-5-10-19-14-7-4-3-6-13(14)15(16)20/h3-4,6-7H,2,5,8-12H2,1H3,(H2,16,20). The number of hydrogen-bond donors (Lipinski definition) is 1. The molecule has 20 heavy (non-hydrogen) atoms. The first-order chi connectivity index (χ1) is 9.75. The van der Waals surface area contributed by atoms with E-state index < -0.39 is 0 Å². The summed E-state index contributed by atoms with van der Waals surface area (Å²) in [5, 5.41) is 0. The number of ether oxygens (including phenoxy) is 3. The quantitative estimate of drug-likeness (QED) is 0.502. The van der Waals surface area contributed by atoms with Gasteiger partial charge in [0.05, 0.1) is 25.4 Å². The molecule has 1 aromatic carbocycles. The first-order valence-corrected chi connectivity index (χ1v) is 7.33. The van der Waals surface area contributed by atoms with E-state index in [0.29, 0.717) is 31.4 Å². The maximum Gasteiger partial charge on any atom is 0.129 e. The second-order valence-electron chi connectivity index (χ2n) is 4.29. The van der Waals surface area contributed by atoms with E-state index in [1.807, 2.05) is 24.3 Å². The Hall–Kier alpha value is -1.17. The molecule has 2 N–H and O–H groups in total. The van der Waals surface area contributed by atoms with E-state index in [-0.39, 0.29) is 0 Å². The van der Waals surface area contributed by atoms with Gasteiger partial charge in [-0.3, -0.25) is 0 Å². The molecule has 0 aliphatic rings. The van der Waals surface area contributed by atoms with Crippen molar-refractivity contribution in [3.05, 3.63) is 29.8 Å². The molecule has 0 saturated heterocycles. The van der Waals surface area contributed by atoms with Crippen molar-refractivity contribution >= 4 is 17.2 Å². The molecule has 0 spiro atoms. The van der Waals surface area contributed by atoms with Crippen molar-refractivity contribution in [3.8, 4) is 5.75 Å². The fraction of sp³-hybridized carbons (Fsp3) is 0.533. The van der Waals surface area contributed by atoms with Crippen LogP contribution in [0.2, 0.25) is 0 Å². The van der Waals surface area contributed by atoms with Gasteiger partial charge in [-0.25, -0.2) is 0 Å². The molecule has 0 saturated carbocycles. The first kappa shape index (κ1) is 16.9. The zero-order valence-corrected chi connectivity index (χ0v) is 12.8. The van der Waals surface area contributed by atoms with Crippen LogP contribution < -0.4 is 10.5 Å². The van der Waals surface area contributed by atoms with Crippen molar-refractivity contribution in [1.82, 2.24) is 0 Å². The molecule has 0 amide bonds. The molecule has 0 aliphatic heterocycles. The van der Waals surface area contributed by atoms with Gasteiger partial charge in [0.2, 0.25) is 0 Å². The summed E-state index contributed by atoms with van der Waals surface area (Å²) in [6.45, 7) is 5.40.